The fourth-order valence-corrected chi connectivity index (χ4v) is 1.82. The fourth-order valence-electron chi connectivity index (χ4n) is 1.82. The number of pyridine rings is 1. The van der Waals surface area contributed by atoms with Gasteiger partial charge < -0.3 is 14.8 Å². The van der Waals surface area contributed by atoms with E-state index in [1.54, 1.807) is 13.1 Å². The lowest BCUT2D eigenvalue weighted by Crippen LogP contribution is -2.06. The standard InChI is InChI=1S/C12H16N2O2/c1-9(16)4-6-14-7-10(8-15)11-3-2-5-13-12(11)14/h2-3,5,7,9,15-16H,4,6,8H2,1H3. The lowest BCUT2D eigenvalue weighted by Gasteiger charge is -2.06. The van der Waals surface area contributed by atoms with Gasteiger partial charge in [-0.1, -0.05) is 0 Å². The Bertz CT molecular complexity index is 477. The van der Waals surface area contributed by atoms with E-state index in [4.69, 9.17) is 0 Å². The number of aliphatic hydroxyl groups is 2. The zero-order valence-corrected chi connectivity index (χ0v) is 9.30. The Morgan fingerprint density at radius 3 is 3.00 bits per heavy atom. The van der Waals surface area contributed by atoms with E-state index in [1.165, 1.54) is 0 Å². The topological polar surface area (TPSA) is 58.3 Å². The van der Waals surface area contributed by atoms with Crippen molar-refractivity contribution in [3.8, 4) is 0 Å². The molecule has 0 amide bonds. The zero-order chi connectivity index (χ0) is 11.5. The lowest BCUT2D eigenvalue weighted by atomic mass is 10.2. The van der Waals surface area contributed by atoms with Gasteiger partial charge in [-0.15, -0.1) is 0 Å². The van der Waals surface area contributed by atoms with Crippen LogP contribution in [-0.4, -0.2) is 25.9 Å². The third-order valence-corrected chi connectivity index (χ3v) is 2.67. The highest BCUT2D eigenvalue weighted by molar-refractivity contribution is 5.80. The second-order valence-corrected chi connectivity index (χ2v) is 4.02. The molecule has 2 heterocycles. The maximum absolute atomic E-state index is 9.27. The van der Waals surface area contributed by atoms with E-state index in [2.05, 4.69) is 4.98 Å². The third-order valence-electron chi connectivity index (χ3n) is 2.67. The van der Waals surface area contributed by atoms with Gasteiger partial charge in [0.1, 0.15) is 5.65 Å². The molecule has 0 radical (unpaired) electrons. The number of nitrogens with zero attached hydrogens (tertiary/aromatic N) is 2. The Labute approximate surface area is 94.2 Å². The van der Waals surface area contributed by atoms with Crippen LogP contribution in [0.3, 0.4) is 0 Å². The summed E-state index contributed by atoms with van der Waals surface area (Å²) in [5.41, 5.74) is 1.75. The van der Waals surface area contributed by atoms with Crippen LogP contribution in [0.5, 0.6) is 0 Å². The van der Waals surface area contributed by atoms with Crippen LogP contribution < -0.4 is 0 Å². The number of aliphatic hydroxyl groups excluding tert-OH is 2. The molecule has 0 bridgehead atoms. The summed E-state index contributed by atoms with van der Waals surface area (Å²) < 4.78 is 1.98. The Morgan fingerprint density at radius 2 is 2.31 bits per heavy atom. The van der Waals surface area contributed by atoms with E-state index in [0.717, 1.165) is 16.6 Å². The van der Waals surface area contributed by atoms with Crippen LogP contribution in [0.15, 0.2) is 24.5 Å². The highest BCUT2D eigenvalue weighted by Crippen LogP contribution is 2.19. The van der Waals surface area contributed by atoms with Crippen molar-refractivity contribution >= 4 is 11.0 Å². The molecule has 1 unspecified atom stereocenters. The predicted octanol–water partition coefficient (Wildman–Crippen LogP) is 1.30. The molecule has 0 aliphatic rings. The summed E-state index contributed by atoms with van der Waals surface area (Å²) in [6, 6.07) is 3.81. The molecular formula is C12H16N2O2. The lowest BCUT2D eigenvalue weighted by molar-refractivity contribution is 0.178. The molecule has 86 valence electrons. The van der Waals surface area contributed by atoms with Crippen LogP contribution in [0.1, 0.15) is 18.9 Å². The number of aromatic nitrogens is 2. The molecule has 2 N–H and O–H groups in total. The second-order valence-electron chi connectivity index (χ2n) is 4.02. The van der Waals surface area contributed by atoms with E-state index < -0.39 is 0 Å². The number of hydrogen-bond donors (Lipinski definition) is 2. The largest absolute Gasteiger partial charge is 0.393 e. The maximum atomic E-state index is 9.27. The molecule has 0 aliphatic heterocycles. The van der Waals surface area contributed by atoms with Crippen molar-refractivity contribution in [1.82, 2.24) is 9.55 Å². The number of hydrogen-bond acceptors (Lipinski definition) is 3. The van der Waals surface area contributed by atoms with Crippen molar-refractivity contribution in [3.05, 3.63) is 30.1 Å². The summed E-state index contributed by atoms with van der Waals surface area (Å²) in [7, 11) is 0. The van der Waals surface area contributed by atoms with E-state index in [9.17, 15) is 10.2 Å². The van der Waals surface area contributed by atoms with E-state index in [1.807, 2.05) is 22.9 Å². The quantitative estimate of drug-likeness (QED) is 0.816. The Kier molecular flexibility index (Phi) is 3.22. The molecular weight excluding hydrogens is 204 g/mol. The van der Waals surface area contributed by atoms with Gasteiger partial charge in [-0.2, -0.15) is 0 Å². The summed E-state index contributed by atoms with van der Waals surface area (Å²) >= 11 is 0. The van der Waals surface area contributed by atoms with Crippen molar-refractivity contribution in [2.45, 2.75) is 32.6 Å². The first-order chi connectivity index (χ1) is 7.72. The molecule has 2 aromatic heterocycles. The molecule has 0 saturated heterocycles. The molecule has 2 rings (SSSR count). The molecule has 0 fully saturated rings. The van der Waals surface area contributed by atoms with Gasteiger partial charge in [0.05, 0.1) is 12.7 Å². The average molecular weight is 220 g/mol. The molecule has 2 aromatic rings. The smallest absolute Gasteiger partial charge is 0.140 e. The number of fused-ring (bicyclic) bond motifs is 1. The maximum Gasteiger partial charge on any atom is 0.140 e. The van der Waals surface area contributed by atoms with Gasteiger partial charge in [0.25, 0.3) is 0 Å². The molecule has 0 aliphatic carbocycles. The third kappa shape index (κ3) is 2.08. The highest BCUT2D eigenvalue weighted by Gasteiger charge is 2.08. The minimum atomic E-state index is -0.321. The van der Waals surface area contributed by atoms with Crippen molar-refractivity contribution in [2.24, 2.45) is 0 Å². The monoisotopic (exact) mass is 220 g/mol. The van der Waals surface area contributed by atoms with Gasteiger partial charge in [-0.25, -0.2) is 4.98 Å². The normalized spacial score (nSPS) is 13.2. The van der Waals surface area contributed by atoms with E-state index in [-0.39, 0.29) is 12.7 Å². The van der Waals surface area contributed by atoms with Crippen LogP contribution in [0, 0.1) is 0 Å². The predicted molar refractivity (Wildman–Crippen MR) is 62.0 cm³/mol. The first kappa shape index (κ1) is 11.1. The molecule has 0 saturated carbocycles. The van der Waals surface area contributed by atoms with Gasteiger partial charge in [0, 0.05) is 29.9 Å². The van der Waals surface area contributed by atoms with Crippen LogP contribution in [0.25, 0.3) is 11.0 Å². The molecule has 1 atom stereocenters. The summed E-state index contributed by atoms with van der Waals surface area (Å²) in [5, 5.41) is 19.5. The second kappa shape index (κ2) is 4.63. The number of aryl methyl sites for hydroxylation is 1. The van der Waals surface area contributed by atoms with Crippen molar-refractivity contribution in [2.75, 3.05) is 0 Å². The van der Waals surface area contributed by atoms with Crippen molar-refractivity contribution in [1.29, 1.82) is 0 Å². The van der Waals surface area contributed by atoms with Crippen LogP contribution in [0.4, 0.5) is 0 Å². The minimum absolute atomic E-state index is 0.0177. The zero-order valence-electron chi connectivity index (χ0n) is 9.30. The SMILES string of the molecule is CC(O)CCn1cc(CO)c2cccnc21. The Morgan fingerprint density at radius 1 is 1.50 bits per heavy atom. The van der Waals surface area contributed by atoms with Crippen LogP contribution in [-0.2, 0) is 13.2 Å². The Hall–Kier alpha value is -1.39. The summed E-state index contributed by atoms with van der Waals surface area (Å²) in [4.78, 5) is 4.30. The first-order valence-electron chi connectivity index (χ1n) is 5.44. The Balaban J connectivity index is 2.37. The van der Waals surface area contributed by atoms with Gasteiger partial charge in [0.15, 0.2) is 0 Å². The van der Waals surface area contributed by atoms with Gasteiger partial charge >= 0.3 is 0 Å². The first-order valence-corrected chi connectivity index (χ1v) is 5.44. The fraction of sp³-hybridized carbons (Fsp3) is 0.417. The molecule has 0 spiro atoms. The van der Waals surface area contributed by atoms with Crippen LogP contribution >= 0.6 is 0 Å². The number of rotatable bonds is 4. The molecule has 16 heavy (non-hydrogen) atoms. The van der Waals surface area contributed by atoms with Crippen molar-refractivity contribution < 1.29 is 10.2 Å². The highest BCUT2D eigenvalue weighted by atomic mass is 16.3. The summed E-state index contributed by atoms with van der Waals surface area (Å²) in [5.74, 6) is 0. The molecule has 0 aromatic carbocycles. The van der Waals surface area contributed by atoms with E-state index >= 15 is 0 Å². The average Bonchev–Trinajstić information content (AvgIpc) is 2.65. The van der Waals surface area contributed by atoms with Crippen molar-refractivity contribution in [3.63, 3.8) is 0 Å². The molecule has 4 heteroatoms. The van der Waals surface area contributed by atoms with Gasteiger partial charge in [-0.3, -0.25) is 0 Å². The van der Waals surface area contributed by atoms with Crippen LogP contribution in [0.2, 0.25) is 0 Å². The van der Waals surface area contributed by atoms with Gasteiger partial charge in [0.2, 0.25) is 0 Å². The molecule has 4 nitrogen and oxygen atoms in total. The summed E-state index contributed by atoms with van der Waals surface area (Å²) in [6.07, 6.45) is 4.01. The summed E-state index contributed by atoms with van der Waals surface area (Å²) in [6.45, 7) is 2.50. The van der Waals surface area contributed by atoms with E-state index in [0.29, 0.717) is 13.0 Å². The van der Waals surface area contributed by atoms with Gasteiger partial charge in [-0.05, 0) is 25.5 Å². The minimum Gasteiger partial charge on any atom is -0.393 e.